The van der Waals surface area contributed by atoms with Crippen LogP contribution in [0.3, 0.4) is 0 Å². The smallest absolute Gasteiger partial charge is 0.145 e. The highest BCUT2D eigenvalue weighted by Crippen LogP contribution is 2.11. The predicted octanol–water partition coefficient (Wildman–Crippen LogP) is 1.19. The second kappa shape index (κ2) is 8.59. The second-order valence-electron chi connectivity index (χ2n) is 3.76. The van der Waals surface area contributed by atoms with E-state index in [1.165, 1.54) is 6.07 Å². The van der Waals surface area contributed by atoms with Crippen molar-refractivity contribution >= 4 is 0 Å². The summed E-state index contributed by atoms with van der Waals surface area (Å²) >= 11 is 0. The van der Waals surface area contributed by atoms with Gasteiger partial charge in [0, 0.05) is 18.7 Å². The first-order valence-corrected chi connectivity index (χ1v) is 5.86. The number of hydrogen-bond donors (Lipinski definition) is 2. The largest absolute Gasteiger partial charge is 0.394 e. The van der Waals surface area contributed by atoms with Crippen LogP contribution in [-0.2, 0) is 11.3 Å². The van der Waals surface area contributed by atoms with Gasteiger partial charge in [-0.1, -0.05) is 12.1 Å². The van der Waals surface area contributed by atoms with Crippen molar-refractivity contribution in [1.29, 1.82) is 5.26 Å². The van der Waals surface area contributed by atoms with Gasteiger partial charge in [-0.2, -0.15) is 5.26 Å². The highest BCUT2D eigenvalue weighted by atomic mass is 19.1. The lowest BCUT2D eigenvalue weighted by Gasteiger charge is -2.07. The summed E-state index contributed by atoms with van der Waals surface area (Å²) < 4.78 is 18.7. The Balaban J connectivity index is 2.26. The molecule has 0 spiro atoms. The first kappa shape index (κ1) is 14.6. The molecule has 0 saturated carbocycles. The van der Waals surface area contributed by atoms with Gasteiger partial charge in [-0.25, -0.2) is 4.39 Å². The van der Waals surface area contributed by atoms with Crippen LogP contribution in [0, 0.1) is 17.1 Å². The maximum absolute atomic E-state index is 13.6. The predicted molar refractivity (Wildman–Crippen MR) is 65.3 cm³/mol. The Hall–Kier alpha value is -1.48. The van der Waals surface area contributed by atoms with Gasteiger partial charge in [-0.15, -0.1) is 0 Å². The van der Waals surface area contributed by atoms with E-state index >= 15 is 0 Å². The maximum atomic E-state index is 13.6. The fourth-order valence-corrected chi connectivity index (χ4v) is 1.49. The van der Waals surface area contributed by atoms with Gasteiger partial charge in [0.1, 0.15) is 11.9 Å². The van der Waals surface area contributed by atoms with Crippen molar-refractivity contribution in [3.05, 3.63) is 35.1 Å². The van der Waals surface area contributed by atoms with E-state index in [0.717, 1.165) is 6.42 Å². The second-order valence-corrected chi connectivity index (χ2v) is 3.76. The van der Waals surface area contributed by atoms with Crippen LogP contribution in [0.15, 0.2) is 18.2 Å². The van der Waals surface area contributed by atoms with Crippen molar-refractivity contribution in [3.63, 3.8) is 0 Å². The molecule has 0 unspecified atom stereocenters. The fourth-order valence-electron chi connectivity index (χ4n) is 1.49. The van der Waals surface area contributed by atoms with Gasteiger partial charge in [0.05, 0.1) is 18.8 Å². The molecule has 0 heterocycles. The molecule has 4 nitrogen and oxygen atoms in total. The lowest BCUT2D eigenvalue weighted by Crippen LogP contribution is -2.17. The average molecular weight is 252 g/mol. The Morgan fingerprint density at radius 1 is 1.39 bits per heavy atom. The standard InChI is InChI=1S/C13H17FN2O2/c14-13-11(9-15)3-1-4-12(13)10-16-5-2-7-18-8-6-17/h1,3-4,16-17H,2,5-8,10H2. The van der Waals surface area contributed by atoms with Crippen molar-refractivity contribution in [3.8, 4) is 6.07 Å². The number of ether oxygens (including phenoxy) is 1. The van der Waals surface area contributed by atoms with Crippen LogP contribution >= 0.6 is 0 Å². The summed E-state index contributed by atoms with van der Waals surface area (Å²) in [4.78, 5) is 0. The molecule has 1 aromatic rings. The molecule has 18 heavy (non-hydrogen) atoms. The molecular weight excluding hydrogens is 235 g/mol. The van der Waals surface area contributed by atoms with Crippen LogP contribution in [0.2, 0.25) is 0 Å². The first-order valence-electron chi connectivity index (χ1n) is 5.86. The molecule has 2 N–H and O–H groups in total. The zero-order valence-corrected chi connectivity index (χ0v) is 10.2. The van der Waals surface area contributed by atoms with E-state index in [0.29, 0.717) is 31.9 Å². The molecular formula is C13H17FN2O2. The van der Waals surface area contributed by atoms with E-state index in [1.54, 1.807) is 12.1 Å². The number of hydrogen-bond acceptors (Lipinski definition) is 4. The number of halogens is 1. The number of rotatable bonds is 8. The van der Waals surface area contributed by atoms with Crippen LogP contribution in [-0.4, -0.2) is 31.5 Å². The van der Waals surface area contributed by atoms with E-state index in [9.17, 15) is 4.39 Å². The zero-order valence-electron chi connectivity index (χ0n) is 10.2. The fraction of sp³-hybridized carbons (Fsp3) is 0.462. The first-order chi connectivity index (χ1) is 8.79. The minimum Gasteiger partial charge on any atom is -0.394 e. The maximum Gasteiger partial charge on any atom is 0.145 e. The van der Waals surface area contributed by atoms with Crippen molar-refractivity contribution in [2.75, 3.05) is 26.4 Å². The molecule has 1 rings (SSSR count). The molecule has 0 bridgehead atoms. The molecule has 1 aromatic carbocycles. The summed E-state index contributed by atoms with van der Waals surface area (Å²) in [5.41, 5.74) is 0.561. The Labute approximate surface area is 106 Å². The number of aliphatic hydroxyl groups excluding tert-OH is 1. The van der Waals surface area contributed by atoms with Crippen LogP contribution in [0.1, 0.15) is 17.5 Å². The number of nitriles is 1. The van der Waals surface area contributed by atoms with E-state index < -0.39 is 5.82 Å². The molecule has 5 heteroatoms. The summed E-state index contributed by atoms with van der Waals surface area (Å²) in [5, 5.41) is 20.3. The van der Waals surface area contributed by atoms with Crippen LogP contribution in [0.25, 0.3) is 0 Å². The third-order valence-corrected chi connectivity index (χ3v) is 2.39. The minimum atomic E-state index is -0.455. The lowest BCUT2D eigenvalue weighted by atomic mass is 10.1. The topological polar surface area (TPSA) is 65.3 Å². The highest BCUT2D eigenvalue weighted by molar-refractivity contribution is 5.34. The van der Waals surface area contributed by atoms with Crippen LogP contribution in [0.4, 0.5) is 4.39 Å². The monoisotopic (exact) mass is 252 g/mol. The lowest BCUT2D eigenvalue weighted by molar-refractivity contribution is 0.0907. The van der Waals surface area contributed by atoms with E-state index in [-0.39, 0.29) is 12.2 Å². The van der Waals surface area contributed by atoms with Gasteiger partial charge in [0.15, 0.2) is 0 Å². The van der Waals surface area contributed by atoms with Gasteiger partial charge in [-0.3, -0.25) is 0 Å². The van der Waals surface area contributed by atoms with E-state index in [4.69, 9.17) is 15.1 Å². The number of aliphatic hydroxyl groups is 1. The van der Waals surface area contributed by atoms with E-state index in [1.807, 2.05) is 6.07 Å². The molecule has 0 aliphatic rings. The van der Waals surface area contributed by atoms with Gasteiger partial charge in [-0.05, 0) is 19.0 Å². The Bertz CT molecular complexity index is 404. The van der Waals surface area contributed by atoms with Gasteiger partial charge >= 0.3 is 0 Å². The third kappa shape index (κ3) is 4.80. The average Bonchev–Trinajstić information content (AvgIpc) is 2.39. The molecule has 0 aliphatic carbocycles. The number of nitrogens with zero attached hydrogens (tertiary/aromatic N) is 1. The Morgan fingerprint density at radius 3 is 2.94 bits per heavy atom. The SMILES string of the molecule is N#Cc1cccc(CNCCCOCCO)c1F. The minimum absolute atomic E-state index is 0.0274. The number of nitrogens with one attached hydrogen (secondary N) is 1. The Morgan fingerprint density at radius 2 is 2.22 bits per heavy atom. The summed E-state index contributed by atoms with van der Waals surface area (Å²) in [6.45, 7) is 2.02. The van der Waals surface area contributed by atoms with Gasteiger partial charge in [0.2, 0.25) is 0 Å². The van der Waals surface area contributed by atoms with Crippen molar-refractivity contribution < 1.29 is 14.2 Å². The van der Waals surface area contributed by atoms with E-state index in [2.05, 4.69) is 5.32 Å². The molecule has 98 valence electrons. The third-order valence-electron chi connectivity index (χ3n) is 2.39. The molecule has 0 atom stereocenters. The molecule has 0 aromatic heterocycles. The summed E-state index contributed by atoms with van der Waals surface area (Å²) in [5.74, 6) is -0.455. The Kier molecular flexibility index (Phi) is 6.96. The summed E-state index contributed by atoms with van der Waals surface area (Å²) in [7, 11) is 0. The quantitative estimate of drug-likeness (QED) is 0.682. The zero-order chi connectivity index (χ0) is 13.2. The van der Waals surface area contributed by atoms with Gasteiger partial charge < -0.3 is 15.2 Å². The normalized spacial score (nSPS) is 10.3. The molecule has 0 amide bonds. The molecule has 0 radical (unpaired) electrons. The summed E-state index contributed by atoms with van der Waals surface area (Å²) in [6.07, 6.45) is 0.791. The van der Waals surface area contributed by atoms with Crippen LogP contribution < -0.4 is 5.32 Å². The number of benzene rings is 1. The summed E-state index contributed by atoms with van der Waals surface area (Å²) in [6, 6.07) is 6.60. The highest BCUT2D eigenvalue weighted by Gasteiger charge is 2.06. The van der Waals surface area contributed by atoms with Crippen molar-refractivity contribution in [2.45, 2.75) is 13.0 Å². The van der Waals surface area contributed by atoms with Crippen molar-refractivity contribution in [2.24, 2.45) is 0 Å². The molecule has 0 fully saturated rings. The van der Waals surface area contributed by atoms with Crippen molar-refractivity contribution in [1.82, 2.24) is 5.32 Å². The van der Waals surface area contributed by atoms with Gasteiger partial charge in [0.25, 0.3) is 0 Å². The molecule has 0 saturated heterocycles. The molecule has 0 aliphatic heterocycles. The van der Waals surface area contributed by atoms with Crippen LogP contribution in [0.5, 0.6) is 0 Å².